The zero-order valence-corrected chi connectivity index (χ0v) is 62.6. The fourth-order valence-corrected chi connectivity index (χ4v) is 10.3. The first-order valence-corrected chi connectivity index (χ1v) is 34.5. The fraction of sp³-hybridized carbons (Fsp3) is 0.623. The van der Waals surface area contributed by atoms with Crippen LogP contribution in [0, 0.1) is 28.6 Å². The van der Waals surface area contributed by atoms with Gasteiger partial charge in [-0.25, -0.2) is 9.59 Å². The average Bonchev–Trinajstić information content (AvgIpc) is 0.809. The molecular weight excluding hydrogens is 1440 g/mol. The molecular formula is C69H107F6N15O18. The molecule has 1 aliphatic heterocycles. The number of nitrogens with one attached hydrogen (secondary N) is 11. The number of aliphatic hydroxyl groups is 3. The molecule has 2 aromatic carbocycles. The van der Waals surface area contributed by atoms with Crippen molar-refractivity contribution in [2.75, 3.05) is 19.7 Å². The van der Waals surface area contributed by atoms with Crippen LogP contribution >= 0.6 is 0 Å². The molecule has 0 saturated carbocycles. The lowest BCUT2D eigenvalue weighted by Gasteiger charge is -2.35. The Morgan fingerprint density at radius 3 is 1.52 bits per heavy atom. The van der Waals surface area contributed by atoms with Crippen LogP contribution in [-0.4, -0.2) is 213 Å². The number of amides is 11. The number of rotatable bonds is 21. The van der Waals surface area contributed by atoms with Gasteiger partial charge in [0.2, 0.25) is 65.0 Å². The number of nitrogens with two attached hydrogens (primary N) is 3. The number of aliphatic imine (C=N–C) groups is 1. The lowest BCUT2D eigenvalue weighted by molar-refractivity contribution is -0.193. The molecule has 22 N–H and O–H groups in total. The number of hydrogen-bond acceptors (Lipinski definition) is 18. The fourth-order valence-electron chi connectivity index (χ4n) is 10.3. The average molecular weight is 1550 g/mol. The van der Waals surface area contributed by atoms with Gasteiger partial charge in [-0.15, -0.1) is 0 Å². The number of nitrogens with zero attached hydrogens (tertiary/aromatic N) is 1. The van der Waals surface area contributed by atoms with Crippen molar-refractivity contribution < 1.29 is 114 Å². The van der Waals surface area contributed by atoms with E-state index in [1.165, 1.54) is 32.9 Å². The smallest absolute Gasteiger partial charge is 0.475 e. The van der Waals surface area contributed by atoms with Crippen molar-refractivity contribution in [2.45, 2.75) is 226 Å². The normalized spacial score (nSPS) is 22.4. The Morgan fingerprint density at radius 2 is 1.05 bits per heavy atom. The van der Waals surface area contributed by atoms with Gasteiger partial charge in [-0.05, 0) is 78.7 Å². The van der Waals surface area contributed by atoms with E-state index >= 15 is 14.4 Å². The van der Waals surface area contributed by atoms with E-state index in [4.69, 9.17) is 37.0 Å². The molecule has 0 aliphatic carbocycles. The van der Waals surface area contributed by atoms with Gasteiger partial charge in [0.05, 0.1) is 37.4 Å². The molecule has 0 bridgehead atoms. The monoisotopic (exact) mass is 1550 g/mol. The standard InChI is InChI=1S/C65H105N15O14.2C2HF3O2/c1-14-36(6)47-60(92)77-48(37(7)82)59(91)70-32-46(83)71-43(29-38-22-17-15-18-23-38)56(88)75-45(33-81)58(90)78-49(39-24-19-16-20-25-39)50(79-57(89)44(31-65(11,12)13)74-53(85)40(66)30-64(8,9)10)61(93)80-51(52(84)35(4)5)62(94)73-42(28-34(2)3)55(87)72-41(54(86)76-47)26-21-27-69-63(67)68;2*3-2(4,5)1(6)7/h15-20,22-25,34-37,40-45,47-52,81-82,84H,14,21,26-33,66H2,1-13H3,(H,70,91)(H,71,83)(H,72,87)(H,73,94)(H,74,85)(H,75,88)(H,76,86)(H,77,92)(H,78,90)(H,79,89)(H,80,93)(H4,67,68,69);2*(H,6,7)/t36-,37-,40+,41+,42-,43-,44-,45-,47-,48-,49+,50-,51-,52+;;/m0../s1. The Balaban J connectivity index is 0.00000377. The van der Waals surface area contributed by atoms with Gasteiger partial charge in [0.25, 0.3) is 0 Å². The lowest BCUT2D eigenvalue weighted by atomic mass is 9.86. The van der Waals surface area contributed by atoms with Crippen molar-refractivity contribution in [3.63, 3.8) is 0 Å². The van der Waals surface area contributed by atoms with Crippen LogP contribution in [-0.2, 0) is 68.7 Å². The largest absolute Gasteiger partial charge is 0.490 e. The van der Waals surface area contributed by atoms with E-state index in [9.17, 15) is 80.0 Å². The second-order valence-corrected chi connectivity index (χ2v) is 29.0. The highest BCUT2D eigenvalue weighted by atomic mass is 19.4. The van der Waals surface area contributed by atoms with Crippen molar-refractivity contribution in [1.82, 2.24) is 58.5 Å². The highest BCUT2D eigenvalue weighted by Gasteiger charge is 2.44. The Morgan fingerprint density at radius 1 is 0.583 bits per heavy atom. The molecule has 608 valence electrons. The van der Waals surface area contributed by atoms with Gasteiger partial charge < -0.3 is 101 Å². The number of benzene rings is 2. The summed E-state index contributed by atoms with van der Waals surface area (Å²) >= 11 is 0. The molecule has 108 heavy (non-hydrogen) atoms. The van der Waals surface area contributed by atoms with Crippen molar-refractivity contribution in [3.8, 4) is 0 Å². The number of carbonyl (C=O) groups is 13. The summed E-state index contributed by atoms with van der Waals surface area (Å²) in [6.45, 7) is 20.2. The molecule has 39 heteroatoms. The van der Waals surface area contributed by atoms with Gasteiger partial charge in [0.15, 0.2) is 5.96 Å². The molecule has 11 amide bonds. The molecule has 0 radical (unpaired) electrons. The van der Waals surface area contributed by atoms with E-state index in [1.54, 1.807) is 97.0 Å². The molecule has 3 rings (SSSR count). The molecule has 0 unspecified atom stereocenters. The van der Waals surface area contributed by atoms with Crippen LogP contribution in [0.2, 0.25) is 0 Å². The van der Waals surface area contributed by atoms with Gasteiger partial charge in [-0.3, -0.25) is 57.7 Å². The summed E-state index contributed by atoms with van der Waals surface area (Å²) in [6.07, 6.45) is -13.5. The zero-order chi connectivity index (χ0) is 83.1. The number of alkyl halides is 6. The number of carbonyl (C=O) groups excluding carboxylic acids is 11. The summed E-state index contributed by atoms with van der Waals surface area (Å²) in [6, 6.07) is -1.74. The van der Waals surface area contributed by atoms with E-state index in [2.05, 4.69) is 63.5 Å². The number of hydrogen-bond donors (Lipinski definition) is 19. The number of aliphatic carboxylic acids is 2. The summed E-state index contributed by atoms with van der Waals surface area (Å²) in [4.78, 5) is 182. The van der Waals surface area contributed by atoms with Crippen LogP contribution in [0.4, 0.5) is 26.3 Å². The predicted molar refractivity (Wildman–Crippen MR) is 380 cm³/mol. The molecule has 33 nitrogen and oxygen atoms in total. The zero-order valence-electron chi connectivity index (χ0n) is 62.6. The molecule has 14 atom stereocenters. The molecule has 0 spiro atoms. The van der Waals surface area contributed by atoms with Crippen LogP contribution in [0.25, 0.3) is 0 Å². The first-order valence-electron chi connectivity index (χ1n) is 34.5. The summed E-state index contributed by atoms with van der Waals surface area (Å²) in [5.41, 5.74) is 17.1. The number of guanidine groups is 1. The second kappa shape index (κ2) is 44.5. The maximum Gasteiger partial charge on any atom is 0.490 e. The first-order chi connectivity index (χ1) is 49.7. The van der Waals surface area contributed by atoms with Crippen molar-refractivity contribution in [3.05, 3.63) is 71.8 Å². The van der Waals surface area contributed by atoms with Gasteiger partial charge in [-0.1, -0.05) is 150 Å². The SMILES string of the molecule is CC[C@H](C)[C@@H]1NC(=O)[C@@H](CCCN=C(N)N)NC(=O)[C@H](CC(C)C)NC(=O)[C@H]([C@H](O)C(C)C)NC(=O)[C@@H](NC(=O)[C@H](CC(C)(C)C)NC(=O)[C@H](N)CC(C)(C)C)[C@@H](c2ccccc2)NC(=O)[C@H](CO)NC(=O)[C@H](Cc2ccccc2)NC(=O)CNC(=O)[C@H]([C@H](C)O)NC1=O.O=C(O)C(F)(F)F.O=C(O)C(F)(F)F. The number of carboxylic acid groups (broad SMARTS) is 2. The number of aliphatic hydroxyl groups excluding tert-OH is 3. The van der Waals surface area contributed by atoms with Crippen LogP contribution in [0.5, 0.6) is 0 Å². The predicted octanol–water partition coefficient (Wildman–Crippen LogP) is -0.418. The summed E-state index contributed by atoms with van der Waals surface area (Å²) in [5.74, 6) is -18.6. The van der Waals surface area contributed by atoms with E-state index in [1.807, 2.05) is 20.8 Å². The van der Waals surface area contributed by atoms with E-state index in [0.717, 1.165) is 0 Å². The van der Waals surface area contributed by atoms with E-state index in [0.29, 0.717) is 5.56 Å². The number of carboxylic acids is 2. The highest BCUT2D eigenvalue weighted by molar-refractivity contribution is 6.00. The molecule has 1 fully saturated rings. The third kappa shape index (κ3) is 35.8. The molecule has 2 aromatic rings. The van der Waals surface area contributed by atoms with Crippen molar-refractivity contribution in [2.24, 2.45) is 50.8 Å². The topological polar surface area (TPSA) is 546 Å². The third-order valence-corrected chi connectivity index (χ3v) is 16.0. The van der Waals surface area contributed by atoms with Crippen LogP contribution in [0.1, 0.15) is 146 Å². The van der Waals surface area contributed by atoms with Gasteiger partial charge in [-0.2, -0.15) is 26.3 Å². The Labute approximate surface area is 621 Å². The minimum absolute atomic E-state index is 0.0161. The Bertz CT molecular complexity index is 3330. The minimum atomic E-state index is -5.08. The highest BCUT2D eigenvalue weighted by Crippen LogP contribution is 2.26. The Hall–Kier alpha value is -9.76. The summed E-state index contributed by atoms with van der Waals surface area (Å²) in [5, 5.41) is 76.6. The maximum atomic E-state index is 15.6. The molecule has 0 aromatic heterocycles. The minimum Gasteiger partial charge on any atom is -0.475 e. The maximum absolute atomic E-state index is 15.6. The van der Waals surface area contributed by atoms with Crippen molar-refractivity contribution >= 4 is 82.9 Å². The van der Waals surface area contributed by atoms with Crippen LogP contribution in [0.15, 0.2) is 65.7 Å². The van der Waals surface area contributed by atoms with Gasteiger partial charge >= 0.3 is 24.3 Å². The van der Waals surface area contributed by atoms with E-state index < -0.39 is 204 Å². The third-order valence-electron chi connectivity index (χ3n) is 16.0. The van der Waals surface area contributed by atoms with Crippen molar-refractivity contribution in [1.29, 1.82) is 0 Å². The van der Waals surface area contributed by atoms with Crippen LogP contribution < -0.4 is 75.7 Å². The molecule has 1 saturated heterocycles. The summed E-state index contributed by atoms with van der Waals surface area (Å²) in [7, 11) is 0. The first kappa shape index (κ1) is 96.3. The van der Waals surface area contributed by atoms with Crippen LogP contribution in [0.3, 0.4) is 0 Å². The quantitative estimate of drug-likeness (QED) is 0.0327. The molecule has 1 aliphatic rings. The Kier molecular flexibility index (Phi) is 39.7. The molecule has 1 heterocycles. The lowest BCUT2D eigenvalue weighted by Crippen LogP contribution is -2.65. The van der Waals surface area contributed by atoms with Gasteiger partial charge in [0.1, 0.15) is 54.4 Å². The summed E-state index contributed by atoms with van der Waals surface area (Å²) < 4.78 is 63.5. The van der Waals surface area contributed by atoms with Gasteiger partial charge in [0, 0.05) is 13.0 Å². The number of halogens is 6. The second-order valence-electron chi connectivity index (χ2n) is 29.0. The van der Waals surface area contributed by atoms with E-state index in [-0.39, 0.29) is 68.9 Å².